The Hall–Kier alpha value is -2.93. The molecule has 35 heavy (non-hydrogen) atoms. The topological polar surface area (TPSA) is 67.9 Å². The summed E-state index contributed by atoms with van der Waals surface area (Å²) in [5, 5.41) is 3.19. The number of Topliss-reactive ketones (excluding diaryl/α,β-unsaturated/α-hetero) is 1. The van der Waals surface area contributed by atoms with Crippen LogP contribution in [0.2, 0.25) is 0 Å². The van der Waals surface area contributed by atoms with Gasteiger partial charge in [0.15, 0.2) is 17.3 Å². The van der Waals surface area contributed by atoms with E-state index in [4.69, 9.17) is 9.47 Å². The fourth-order valence-electron chi connectivity index (χ4n) is 5.54. The highest BCUT2D eigenvalue weighted by Crippen LogP contribution is 2.33. The molecular weight excluding hydrogens is 447 g/mol. The van der Waals surface area contributed by atoms with E-state index >= 15 is 0 Å². The monoisotopic (exact) mass is 480 g/mol. The maximum atomic E-state index is 13.1. The van der Waals surface area contributed by atoms with Gasteiger partial charge >= 0.3 is 0 Å². The van der Waals surface area contributed by atoms with E-state index in [0.717, 1.165) is 58.2 Å². The van der Waals surface area contributed by atoms with Crippen LogP contribution >= 0.6 is 0 Å². The smallest absolute Gasteiger partial charge is 0.251 e. The molecule has 0 spiro atoms. The van der Waals surface area contributed by atoms with Crippen molar-refractivity contribution >= 4 is 11.7 Å². The third kappa shape index (κ3) is 5.84. The molecule has 0 bridgehead atoms. The van der Waals surface area contributed by atoms with Gasteiger partial charge in [0.2, 0.25) is 6.79 Å². The van der Waals surface area contributed by atoms with Gasteiger partial charge in [-0.25, -0.2) is 4.39 Å². The molecule has 1 aliphatic carbocycles. The molecule has 3 aliphatic rings. The quantitative estimate of drug-likeness (QED) is 0.575. The highest BCUT2D eigenvalue weighted by molar-refractivity contribution is 5.98. The van der Waals surface area contributed by atoms with E-state index in [-0.39, 0.29) is 36.3 Å². The van der Waals surface area contributed by atoms with Crippen LogP contribution in [0.15, 0.2) is 42.5 Å². The molecule has 1 saturated carbocycles. The van der Waals surface area contributed by atoms with Crippen LogP contribution in [0.3, 0.4) is 0 Å². The van der Waals surface area contributed by atoms with Gasteiger partial charge in [-0.05, 0) is 113 Å². The first-order valence-electron chi connectivity index (χ1n) is 12.8. The van der Waals surface area contributed by atoms with Crippen molar-refractivity contribution < 1.29 is 23.5 Å². The summed E-state index contributed by atoms with van der Waals surface area (Å²) in [6, 6.07) is 11.5. The van der Waals surface area contributed by atoms with Crippen LogP contribution in [0, 0.1) is 17.7 Å². The predicted molar refractivity (Wildman–Crippen MR) is 130 cm³/mol. The van der Waals surface area contributed by atoms with Crippen LogP contribution in [0.25, 0.3) is 0 Å². The first-order chi connectivity index (χ1) is 17.0. The molecule has 2 fully saturated rings. The molecule has 6 nitrogen and oxygen atoms in total. The molecule has 186 valence electrons. The van der Waals surface area contributed by atoms with Crippen molar-refractivity contribution in [3.8, 4) is 11.5 Å². The molecule has 0 unspecified atom stereocenters. The first kappa shape index (κ1) is 23.8. The highest BCUT2D eigenvalue weighted by Gasteiger charge is 2.28. The third-order valence-electron chi connectivity index (χ3n) is 7.76. The van der Waals surface area contributed by atoms with Crippen LogP contribution in [0.5, 0.6) is 11.5 Å². The molecule has 2 aliphatic heterocycles. The summed E-state index contributed by atoms with van der Waals surface area (Å²) < 4.78 is 23.8. The van der Waals surface area contributed by atoms with Crippen molar-refractivity contribution in [1.82, 2.24) is 10.2 Å². The van der Waals surface area contributed by atoms with Crippen molar-refractivity contribution in [1.29, 1.82) is 0 Å². The van der Waals surface area contributed by atoms with Crippen molar-refractivity contribution in [2.45, 2.75) is 51.0 Å². The average molecular weight is 481 g/mol. The summed E-state index contributed by atoms with van der Waals surface area (Å²) in [7, 11) is 0. The number of halogens is 1. The number of nitrogens with one attached hydrogen (secondary N) is 1. The lowest BCUT2D eigenvalue weighted by atomic mass is 9.83. The molecule has 0 radical (unpaired) electrons. The SMILES string of the molecule is O=C(N[C@H]1CC[C@H](CCN2CCC(C(=O)c3ccc(F)cc3)CC2)CC1)c1ccc2c(c1)OCO2. The molecule has 2 heterocycles. The van der Waals surface area contributed by atoms with Gasteiger partial charge in [-0.1, -0.05) is 0 Å². The maximum absolute atomic E-state index is 13.1. The fourth-order valence-corrected chi connectivity index (χ4v) is 5.54. The molecule has 1 N–H and O–H groups in total. The van der Waals surface area contributed by atoms with Gasteiger partial charge in [0.1, 0.15) is 5.82 Å². The minimum absolute atomic E-state index is 0.0421. The van der Waals surface area contributed by atoms with Crippen LogP contribution in [0.4, 0.5) is 4.39 Å². The third-order valence-corrected chi connectivity index (χ3v) is 7.76. The van der Waals surface area contributed by atoms with Crippen molar-refractivity contribution in [3.05, 3.63) is 59.4 Å². The molecule has 0 atom stereocenters. The zero-order valence-electron chi connectivity index (χ0n) is 20.0. The Labute approximate surface area is 205 Å². The van der Waals surface area contributed by atoms with Crippen LogP contribution < -0.4 is 14.8 Å². The standard InChI is InChI=1S/C28H33FN2O4/c29-23-6-3-20(4-7-23)27(32)21-12-15-31(16-13-21)14-11-19-1-8-24(9-2-19)30-28(33)22-5-10-25-26(17-22)35-18-34-25/h3-7,10,17,19,21,24H,1-2,8-9,11-16,18H2,(H,30,33)/t19-,24-. The van der Waals surface area contributed by atoms with E-state index < -0.39 is 0 Å². The summed E-state index contributed by atoms with van der Waals surface area (Å²) >= 11 is 0. The van der Waals surface area contributed by atoms with Gasteiger partial charge in [-0.2, -0.15) is 0 Å². The number of amides is 1. The second kappa shape index (κ2) is 10.8. The summed E-state index contributed by atoms with van der Waals surface area (Å²) in [6.07, 6.45) is 7.19. The Morgan fingerprint density at radius 1 is 0.886 bits per heavy atom. The Kier molecular flexibility index (Phi) is 7.32. The second-order valence-corrected chi connectivity index (χ2v) is 10.0. The van der Waals surface area contributed by atoms with E-state index in [2.05, 4.69) is 10.2 Å². The molecule has 2 aromatic carbocycles. The summed E-state index contributed by atoms with van der Waals surface area (Å²) in [5.74, 6) is 1.83. The highest BCUT2D eigenvalue weighted by atomic mass is 19.1. The number of ketones is 1. The molecule has 1 saturated heterocycles. The zero-order chi connectivity index (χ0) is 24.2. The van der Waals surface area contributed by atoms with Gasteiger partial charge in [0.25, 0.3) is 5.91 Å². The number of carbonyl (C=O) groups excluding carboxylic acids is 2. The summed E-state index contributed by atoms with van der Waals surface area (Å²) in [4.78, 5) is 27.8. The number of carbonyl (C=O) groups is 2. The number of fused-ring (bicyclic) bond motifs is 1. The first-order valence-corrected chi connectivity index (χ1v) is 12.8. The number of piperidine rings is 1. The van der Waals surface area contributed by atoms with Gasteiger partial charge in [-0.3, -0.25) is 9.59 Å². The van der Waals surface area contributed by atoms with E-state index in [0.29, 0.717) is 28.5 Å². The predicted octanol–water partition coefficient (Wildman–Crippen LogP) is 4.83. The molecule has 5 rings (SSSR count). The molecule has 7 heteroatoms. The lowest BCUT2D eigenvalue weighted by Gasteiger charge is -2.34. The van der Waals surface area contributed by atoms with E-state index in [1.807, 2.05) is 0 Å². The summed E-state index contributed by atoms with van der Waals surface area (Å²) in [5.41, 5.74) is 1.23. The Morgan fingerprint density at radius 2 is 1.57 bits per heavy atom. The van der Waals surface area contributed by atoms with Crippen LogP contribution in [-0.4, -0.2) is 49.1 Å². The zero-order valence-corrected chi connectivity index (χ0v) is 20.0. The van der Waals surface area contributed by atoms with Gasteiger partial charge in [0.05, 0.1) is 0 Å². The Bertz CT molecular complexity index is 1040. The van der Waals surface area contributed by atoms with Gasteiger partial charge in [0, 0.05) is 23.1 Å². The fraction of sp³-hybridized carbons (Fsp3) is 0.500. The molecule has 0 aromatic heterocycles. The molecular formula is C28H33FN2O4. The number of hydrogen-bond donors (Lipinski definition) is 1. The van der Waals surface area contributed by atoms with Crippen LogP contribution in [-0.2, 0) is 0 Å². The van der Waals surface area contributed by atoms with Crippen molar-refractivity contribution in [2.24, 2.45) is 11.8 Å². The Morgan fingerprint density at radius 3 is 2.31 bits per heavy atom. The van der Waals surface area contributed by atoms with E-state index in [1.165, 1.54) is 18.6 Å². The lowest BCUT2D eigenvalue weighted by molar-refractivity contribution is 0.0832. The minimum atomic E-state index is -0.308. The molecule has 2 aromatic rings. The second-order valence-electron chi connectivity index (χ2n) is 10.0. The van der Waals surface area contributed by atoms with Crippen molar-refractivity contribution in [3.63, 3.8) is 0 Å². The lowest BCUT2D eigenvalue weighted by Crippen LogP contribution is -2.39. The Balaban J connectivity index is 1.00. The van der Waals surface area contributed by atoms with E-state index in [1.54, 1.807) is 30.3 Å². The number of likely N-dealkylation sites (tertiary alicyclic amines) is 1. The number of nitrogens with zero attached hydrogens (tertiary/aromatic N) is 1. The number of ether oxygens (including phenoxy) is 2. The van der Waals surface area contributed by atoms with Crippen LogP contribution in [0.1, 0.15) is 65.7 Å². The largest absolute Gasteiger partial charge is 0.454 e. The number of hydrogen-bond acceptors (Lipinski definition) is 5. The number of benzene rings is 2. The average Bonchev–Trinajstić information content (AvgIpc) is 3.37. The van der Waals surface area contributed by atoms with E-state index in [9.17, 15) is 14.0 Å². The summed E-state index contributed by atoms with van der Waals surface area (Å²) in [6.45, 7) is 3.16. The van der Waals surface area contributed by atoms with Gasteiger partial charge in [-0.15, -0.1) is 0 Å². The minimum Gasteiger partial charge on any atom is -0.454 e. The van der Waals surface area contributed by atoms with Crippen molar-refractivity contribution in [2.75, 3.05) is 26.4 Å². The normalized spacial score (nSPS) is 22.7. The van der Waals surface area contributed by atoms with Gasteiger partial charge < -0.3 is 19.7 Å². The maximum Gasteiger partial charge on any atom is 0.251 e. The number of rotatable bonds is 7. The molecule has 1 amide bonds.